The molecule has 6 amide bonds. The quantitative estimate of drug-likeness (QED) is 0.114. The van der Waals surface area contributed by atoms with Crippen LogP contribution in [0.25, 0.3) is 0 Å². The first-order valence-electron chi connectivity index (χ1n) is 21.9. The number of likely N-dealkylation sites (tertiary alicyclic amines) is 2. The highest BCUT2D eigenvalue weighted by atomic mass is 16.6. The van der Waals surface area contributed by atoms with Crippen molar-refractivity contribution in [2.75, 3.05) is 26.2 Å². The highest BCUT2D eigenvalue weighted by Crippen LogP contribution is 2.35. The minimum absolute atomic E-state index is 0.0154. The predicted octanol–water partition coefficient (Wildman–Crippen LogP) is 5.19. The van der Waals surface area contributed by atoms with Crippen LogP contribution in [-0.2, 0) is 40.1 Å². The van der Waals surface area contributed by atoms with Crippen LogP contribution in [0.4, 0.5) is 9.59 Å². The molecule has 4 rings (SSSR count). The van der Waals surface area contributed by atoms with Crippen molar-refractivity contribution in [2.45, 2.75) is 135 Å². The fourth-order valence-electron chi connectivity index (χ4n) is 8.65. The first-order valence-corrected chi connectivity index (χ1v) is 21.9. The number of Topliss-reactive ketones (excluding diaryl/α,β-unsaturated/α-hetero) is 1. The van der Waals surface area contributed by atoms with Crippen molar-refractivity contribution in [3.05, 3.63) is 61.2 Å². The fourth-order valence-corrected chi connectivity index (χ4v) is 8.65. The van der Waals surface area contributed by atoms with E-state index in [4.69, 9.17) is 9.47 Å². The maximum absolute atomic E-state index is 15.0. The summed E-state index contributed by atoms with van der Waals surface area (Å²) in [5.74, 6) is -4.08. The van der Waals surface area contributed by atoms with Gasteiger partial charge in [0, 0.05) is 26.2 Å². The molecule has 0 bridgehead atoms. The van der Waals surface area contributed by atoms with E-state index in [1.54, 1.807) is 31.7 Å². The molecule has 0 radical (unpaired) electrons. The minimum Gasteiger partial charge on any atom is -0.445 e. The molecule has 336 valence electrons. The van der Waals surface area contributed by atoms with Crippen LogP contribution in [0, 0.1) is 23.7 Å². The van der Waals surface area contributed by atoms with Crippen LogP contribution in [0.5, 0.6) is 0 Å². The van der Waals surface area contributed by atoms with Gasteiger partial charge in [0.1, 0.15) is 30.3 Å². The van der Waals surface area contributed by atoms with E-state index in [1.165, 1.54) is 11.0 Å². The highest BCUT2D eigenvalue weighted by molar-refractivity contribution is 6.38. The van der Waals surface area contributed by atoms with Gasteiger partial charge in [-0.25, -0.2) is 9.59 Å². The Bertz CT molecular complexity index is 1700. The number of benzene rings is 1. The number of alkyl carbamates (subject to hydrolysis) is 1. The molecule has 1 aliphatic carbocycles. The summed E-state index contributed by atoms with van der Waals surface area (Å²) in [5, 5.41) is 11.1. The molecule has 1 aromatic carbocycles. The van der Waals surface area contributed by atoms with E-state index in [2.05, 4.69) is 34.4 Å². The summed E-state index contributed by atoms with van der Waals surface area (Å²) in [4.78, 5) is 99.3. The Morgan fingerprint density at radius 1 is 0.820 bits per heavy atom. The smallest absolute Gasteiger partial charge is 0.410 e. The third kappa shape index (κ3) is 14.2. The van der Waals surface area contributed by atoms with Crippen molar-refractivity contribution in [1.82, 2.24) is 31.1 Å². The third-order valence-electron chi connectivity index (χ3n) is 11.9. The monoisotopic (exact) mass is 849 g/mol. The molecular weight excluding hydrogens is 781 g/mol. The van der Waals surface area contributed by atoms with Gasteiger partial charge in [-0.05, 0) is 95.0 Å². The van der Waals surface area contributed by atoms with Crippen LogP contribution in [0.15, 0.2) is 55.6 Å². The van der Waals surface area contributed by atoms with Gasteiger partial charge in [0.25, 0.3) is 5.91 Å². The molecular formula is C46H68N6O9. The predicted molar refractivity (Wildman–Crippen MR) is 231 cm³/mol. The molecule has 61 heavy (non-hydrogen) atoms. The van der Waals surface area contributed by atoms with Crippen LogP contribution in [0.2, 0.25) is 0 Å². The van der Waals surface area contributed by atoms with Crippen LogP contribution in [0.1, 0.15) is 104 Å². The molecule has 3 fully saturated rings. The molecule has 15 heteroatoms. The van der Waals surface area contributed by atoms with Gasteiger partial charge in [0.15, 0.2) is 0 Å². The van der Waals surface area contributed by atoms with Crippen molar-refractivity contribution < 1.29 is 43.0 Å². The molecule has 4 N–H and O–H groups in total. The number of carbonyl (C=O) groups excluding carboxylic acids is 7. The molecule has 5 atom stereocenters. The molecule has 2 saturated heterocycles. The standard InChI is InChI=1S/C46H68N6O9/c1-8-10-21-35(39(53)42(56)47-25-9-2)48-41(55)38-34(30(3)4)24-28-52(38)43(57)37(32-19-15-12-16-20-32)49-40(54)36(50-44(58)61-46(5,6)7)33-22-26-51(27-23-33)45(59)60-29-31-17-13-11-14-18-31/h8-9,11,13-14,17-18,30,32-38H,1-2,10,12,15-16,19-29H2,3-7H3,(H,47,56)(H,48,55)(H,49,54)(H,50,58)/t34-,35+,36-,37+,38+/m1/s1. The number of hydrogen-bond acceptors (Lipinski definition) is 9. The Morgan fingerprint density at radius 3 is 2.08 bits per heavy atom. The third-order valence-corrected chi connectivity index (χ3v) is 11.9. The zero-order valence-corrected chi connectivity index (χ0v) is 36.7. The second kappa shape index (κ2) is 23.1. The van der Waals surface area contributed by atoms with Crippen molar-refractivity contribution in [3.63, 3.8) is 0 Å². The van der Waals surface area contributed by atoms with Gasteiger partial charge in [-0.2, -0.15) is 0 Å². The van der Waals surface area contributed by atoms with Gasteiger partial charge in [0.2, 0.25) is 23.5 Å². The lowest BCUT2D eigenvalue weighted by Gasteiger charge is -2.38. The molecule has 15 nitrogen and oxygen atoms in total. The van der Waals surface area contributed by atoms with Crippen LogP contribution in [-0.4, -0.2) is 107 Å². The lowest BCUT2D eigenvalue weighted by molar-refractivity contribution is -0.145. The number of allylic oxidation sites excluding steroid dienone is 1. The zero-order valence-electron chi connectivity index (χ0n) is 36.7. The maximum atomic E-state index is 15.0. The Kier molecular flexibility index (Phi) is 18.4. The first kappa shape index (κ1) is 48.5. The van der Waals surface area contributed by atoms with Gasteiger partial charge < -0.3 is 40.5 Å². The first-order chi connectivity index (χ1) is 29.0. The van der Waals surface area contributed by atoms with Crippen molar-refractivity contribution in [1.29, 1.82) is 0 Å². The summed E-state index contributed by atoms with van der Waals surface area (Å²) in [6.07, 6.45) is 7.64. The SMILES string of the molecule is C=CCC[C@H](NC(=O)[C@@H]1[C@@H](C(C)C)CCN1C(=O)[C@@H](NC(=O)[C@H](NC(=O)OC(C)(C)C)C1CCN(C(=O)OCc2ccccc2)CC1)C1CCCCC1)C(=O)C(=O)NCC=C. The number of ether oxygens (including phenoxy) is 2. The lowest BCUT2D eigenvalue weighted by atomic mass is 9.82. The van der Waals surface area contributed by atoms with Crippen molar-refractivity contribution in [3.8, 4) is 0 Å². The van der Waals surface area contributed by atoms with E-state index in [9.17, 15) is 33.6 Å². The number of amides is 6. The van der Waals surface area contributed by atoms with E-state index < -0.39 is 77.3 Å². The largest absolute Gasteiger partial charge is 0.445 e. The van der Waals surface area contributed by atoms with E-state index in [1.807, 2.05) is 44.2 Å². The molecule has 3 aliphatic rings. The number of hydrogen-bond donors (Lipinski definition) is 4. The average molecular weight is 849 g/mol. The van der Waals surface area contributed by atoms with Crippen LogP contribution >= 0.6 is 0 Å². The number of ketones is 1. The van der Waals surface area contributed by atoms with Gasteiger partial charge in [-0.1, -0.05) is 75.6 Å². The minimum atomic E-state index is -1.15. The Hall–Kier alpha value is -5.21. The Labute approximate surface area is 361 Å². The fraction of sp³-hybridized carbons (Fsp3) is 0.630. The van der Waals surface area contributed by atoms with Gasteiger partial charge in [-0.15, -0.1) is 13.2 Å². The number of nitrogens with one attached hydrogen (secondary N) is 4. The van der Waals surface area contributed by atoms with Crippen molar-refractivity contribution >= 4 is 41.6 Å². The summed E-state index contributed by atoms with van der Waals surface area (Å²) < 4.78 is 11.1. The molecule has 1 aromatic rings. The molecule has 2 heterocycles. The highest BCUT2D eigenvalue weighted by Gasteiger charge is 2.48. The Morgan fingerprint density at radius 2 is 1.48 bits per heavy atom. The zero-order chi connectivity index (χ0) is 44.7. The second-order valence-corrected chi connectivity index (χ2v) is 17.8. The summed E-state index contributed by atoms with van der Waals surface area (Å²) in [6, 6.07) is 5.15. The summed E-state index contributed by atoms with van der Waals surface area (Å²) >= 11 is 0. The van der Waals surface area contributed by atoms with Crippen LogP contribution < -0.4 is 21.3 Å². The average Bonchev–Trinajstić information content (AvgIpc) is 3.70. The molecule has 0 aromatic heterocycles. The molecule has 0 spiro atoms. The van der Waals surface area contributed by atoms with E-state index >= 15 is 0 Å². The van der Waals surface area contributed by atoms with E-state index in [-0.39, 0.29) is 57.0 Å². The number of piperidine rings is 1. The lowest BCUT2D eigenvalue weighted by Crippen LogP contribution is -2.62. The topological polar surface area (TPSA) is 193 Å². The Balaban J connectivity index is 1.57. The number of carbonyl (C=O) groups is 7. The maximum Gasteiger partial charge on any atom is 0.410 e. The van der Waals surface area contributed by atoms with Gasteiger partial charge in [-0.3, -0.25) is 24.0 Å². The van der Waals surface area contributed by atoms with Crippen LogP contribution in [0.3, 0.4) is 0 Å². The summed E-state index contributed by atoms with van der Waals surface area (Å²) in [7, 11) is 0. The molecule has 2 aliphatic heterocycles. The van der Waals surface area contributed by atoms with E-state index in [0.717, 1.165) is 24.8 Å². The summed E-state index contributed by atoms with van der Waals surface area (Å²) in [6.45, 7) is 17.5. The normalized spacial score (nSPS) is 20.1. The van der Waals surface area contributed by atoms with Crippen molar-refractivity contribution in [2.24, 2.45) is 23.7 Å². The number of rotatable bonds is 18. The second-order valence-electron chi connectivity index (χ2n) is 17.8. The number of nitrogens with zero attached hydrogens (tertiary/aromatic N) is 2. The molecule has 0 unspecified atom stereocenters. The van der Waals surface area contributed by atoms with Gasteiger partial charge in [0.05, 0.1) is 6.04 Å². The summed E-state index contributed by atoms with van der Waals surface area (Å²) in [5.41, 5.74) is 0.0130. The molecule has 1 saturated carbocycles. The van der Waals surface area contributed by atoms with E-state index in [0.29, 0.717) is 38.5 Å². The van der Waals surface area contributed by atoms with Gasteiger partial charge >= 0.3 is 12.2 Å².